The lowest BCUT2D eigenvalue weighted by Crippen LogP contribution is -2.55. The fourth-order valence-electron chi connectivity index (χ4n) is 2.72. The number of carbonyl (C=O) groups excluding carboxylic acids is 1. The Hall–Kier alpha value is -1.89. The van der Waals surface area contributed by atoms with E-state index in [2.05, 4.69) is 22.1 Å². The standard InChI is InChI=1S/C18H22N2O3S/c1-12-17(19-7-8-23-12)18(21)20-10-16-9-14(11-24-16)13-3-5-15(22-2)6-4-13/h3-6,9,11-12,17,19H,7-8,10H2,1-2H3,(H,20,21)/t12-,17+/m1/s1. The zero-order valence-electron chi connectivity index (χ0n) is 13.9. The number of methoxy groups -OCH3 is 1. The van der Waals surface area contributed by atoms with Gasteiger partial charge >= 0.3 is 0 Å². The summed E-state index contributed by atoms with van der Waals surface area (Å²) in [5.74, 6) is 0.833. The summed E-state index contributed by atoms with van der Waals surface area (Å²) in [4.78, 5) is 13.4. The van der Waals surface area contributed by atoms with Crippen LogP contribution in [-0.2, 0) is 16.1 Å². The summed E-state index contributed by atoms with van der Waals surface area (Å²) in [7, 11) is 1.66. The van der Waals surface area contributed by atoms with Crippen LogP contribution < -0.4 is 15.4 Å². The molecule has 1 aromatic carbocycles. The van der Waals surface area contributed by atoms with Gasteiger partial charge in [0.15, 0.2) is 0 Å². The van der Waals surface area contributed by atoms with E-state index >= 15 is 0 Å². The van der Waals surface area contributed by atoms with Crippen molar-refractivity contribution in [3.8, 4) is 16.9 Å². The normalized spacial score (nSPS) is 20.6. The van der Waals surface area contributed by atoms with Gasteiger partial charge in [-0.3, -0.25) is 4.79 Å². The minimum absolute atomic E-state index is 0.0124. The van der Waals surface area contributed by atoms with Crippen LogP contribution in [0.15, 0.2) is 35.7 Å². The Balaban J connectivity index is 1.58. The van der Waals surface area contributed by atoms with Crippen molar-refractivity contribution in [1.82, 2.24) is 10.6 Å². The summed E-state index contributed by atoms with van der Waals surface area (Å²) in [6.07, 6.45) is -0.100. The van der Waals surface area contributed by atoms with E-state index in [4.69, 9.17) is 9.47 Å². The topological polar surface area (TPSA) is 59.6 Å². The molecule has 128 valence electrons. The Morgan fingerprint density at radius 3 is 2.88 bits per heavy atom. The van der Waals surface area contributed by atoms with Crippen molar-refractivity contribution in [2.24, 2.45) is 0 Å². The fourth-order valence-corrected chi connectivity index (χ4v) is 3.55. The van der Waals surface area contributed by atoms with E-state index < -0.39 is 0 Å². The number of benzene rings is 1. The van der Waals surface area contributed by atoms with Gasteiger partial charge < -0.3 is 20.1 Å². The van der Waals surface area contributed by atoms with Crippen LogP contribution in [0.3, 0.4) is 0 Å². The molecule has 24 heavy (non-hydrogen) atoms. The lowest BCUT2D eigenvalue weighted by atomic mass is 10.1. The average Bonchev–Trinajstić information content (AvgIpc) is 3.09. The molecule has 1 aromatic heterocycles. The number of rotatable bonds is 5. The second kappa shape index (κ2) is 7.79. The third-order valence-electron chi connectivity index (χ3n) is 4.11. The highest BCUT2D eigenvalue weighted by atomic mass is 32.1. The zero-order chi connectivity index (χ0) is 16.9. The summed E-state index contributed by atoms with van der Waals surface area (Å²) in [5, 5.41) is 8.30. The predicted molar refractivity (Wildman–Crippen MR) is 95.4 cm³/mol. The minimum Gasteiger partial charge on any atom is -0.497 e. The van der Waals surface area contributed by atoms with E-state index in [0.29, 0.717) is 19.7 Å². The summed E-state index contributed by atoms with van der Waals surface area (Å²) < 4.78 is 10.7. The number of morpholine rings is 1. The molecule has 2 aromatic rings. The molecule has 2 atom stereocenters. The average molecular weight is 346 g/mol. The maximum absolute atomic E-state index is 12.3. The Morgan fingerprint density at radius 2 is 2.17 bits per heavy atom. The van der Waals surface area contributed by atoms with Crippen LogP contribution in [0.4, 0.5) is 0 Å². The number of nitrogens with one attached hydrogen (secondary N) is 2. The monoisotopic (exact) mass is 346 g/mol. The molecular weight excluding hydrogens is 324 g/mol. The first kappa shape index (κ1) is 17.0. The predicted octanol–water partition coefficient (Wildman–Crippen LogP) is 2.42. The zero-order valence-corrected chi connectivity index (χ0v) is 14.7. The van der Waals surface area contributed by atoms with Gasteiger partial charge in [-0.25, -0.2) is 0 Å². The Morgan fingerprint density at radius 1 is 1.38 bits per heavy atom. The molecule has 1 saturated heterocycles. The van der Waals surface area contributed by atoms with E-state index in [0.717, 1.165) is 21.8 Å². The van der Waals surface area contributed by atoms with Gasteiger partial charge in [0.2, 0.25) is 5.91 Å². The van der Waals surface area contributed by atoms with Crippen molar-refractivity contribution >= 4 is 17.2 Å². The van der Waals surface area contributed by atoms with Gasteiger partial charge in [0, 0.05) is 11.4 Å². The summed E-state index contributed by atoms with van der Waals surface area (Å²) in [5.41, 5.74) is 2.29. The molecule has 6 heteroatoms. The molecule has 1 aliphatic rings. The molecule has 1 aliphatic heterocycles. The van der Waals surface area contributed by atoms with Crippen LogP contribution in [0.25, 0.3) is 11.1 Å². The minimum atomic E-state index is -0.278. The first-order chi connectivity index (χ1) is 11.7. The van der Waals surface area contributed by atoms with Crippen LogP contribution in [0.1, 0.15) is 11.8 Å². The van der Waals surface area contributed by atoms with Gasteiger partial charge in [-0.15, -0.1) is 11.3 Å². The van der Waals surface area contributed by atoms with E-state index in [9.17, 15) is 4.79 Å². The van der Waals surface area contributed by atoms with Gasteiger partial charge in [0.1, 0.15) is 11.8 Å². The van der Waals surface area contributed by atoms with Crippen molar-refractivity contribution in [2.75, 3.05) is 20.3 Å². The third-order valence-corrected chi connectivity index (χ3v) is 5.05. The Bertz CT molecular complexity index is 684. The van der Waals surface area contributed by atoms with Crippen molar-refractivity contribution in [3.63, 3.8) is 0 Å². The summed E-state index contributed by atoms with van der Waals surface area (Å²) >= 11 is 1.65. The summed E-state index contributed by atoms with van der Waals surface area (Å²) in [6, 6.07) is 9.80. The largest absolute Gasteiger partial charge is 0.497 e. The quantitative estimate of drug-likeness (QED) is 0.873. The number of thiophene rings is 1. The molecule has 2 N–H and O–H groups in total. The molecule has 0 saturated carbocycles. The van der Waals surface area contributed by atoms with Gasteiger partial charge in [0.05, 0.1) is 26.4 Å². The molecule has 1 amide bonds. The van der Waals surface area contributed by atoms with Crippen LogP contribution in [-0.4, -0.2) is 38.3 Å². The molecule has 0 radical (unpaired) electrons. The maximum atomic E-state index is 12.3. The van der Waals surface area contributed by atoms with E-state index in [1.54, 1.807) is 18.4 Å². The molecule has 5 nitrogen and oxygen atoms in total. The SMILES string of the molecule is COc1ccc(-c2csc(CNC(=O)[C@H]3NCCO[C@@H]3C)c2)cc1. The van der Waals surface area contributed by atoms with Gasteiger partial charge in [-0.05, 0) is 41.6 Å². The maximum Gasteiger partial charge on any atom is 0.240 e. The lowest BCUT2D eigenvalue weighted by molar-refractivity contribution is -0.129. The van der Waals surface area contributed by atoms with Gasteiger partial charge in [-0.2, -0.15) is 0 Å². The molecule has 0 aliphatic carbocycles. The van der Waals surface area contributed by atoms with Crippen molar-refractivity contribution in [2.45, 2.75) is 25.6 Å². The molecule has 0 unspecified atom stereocenters. The lowest BCUT2D eigenvalue weighted by Gasteiger charge is -2.29. The fraction of sp³-hybridized carbons (Fsp3) is 0.389. The number of hydrogen-bond acceptors (Lipinski definition) is 5. The molecular formula is C18H22N2O3S. The number of hydrogen-bond donors (Lipinski definition) is 2. The van der Waals surface area contributed by atoms with Crippen LogP contribution in [0.5, 0.6) is 5.75 Å². The van der Waals surface area contributed by atoms with Gasteiger partial charge in [0.25, 0.3) is 0 Å². The van der Waals surface area contributed by atoms with Crippen molar-refractivity contribution in [1.29, 1.82) is 0 Å². The molecule has 0 spiro atoms. The van der Waals surface area contributed by atoms with Gasteiger partial charge in [-0.1, -0.05) is 12.1 Å². The second-order valence-corrected chi connectivity index (χ2v) is 6.75. The molecule has 0 bridgehead atoms. The van der Waals surface area contributed by atoms with E-state index in [1.807, 2.05) is 31.2 Å². The highest BCUT2D eigenvalue weighted by molar-refractivity contribution is 7.10. The van der Waals surface area contributed by atoms with Crippen molar-refractivity contribution in [3.05, 3.63) is 40.6 Å². The van der Waals surface area contributed by atoms with Crippen LogP contribution >= 0.6 is 11.3 Å². The smallest absolute Gasteiger partial charge is 0.240 e. The first-order valence-corrected chi connectivity index (χ1v) is 8.90. The molecule has 2 heterocycles. The van der Waals surface area contributed by atoms with Crippen LogP contribution in [0, 0.1) is 0 Å². The van der Waals surface area contributed by atoms with Crippen LogP contribution in [0.2, 0.25) is 0 Å². The molecule has 3 rings (SSSR count). The highest BCUT2D eigenvalue weighted by Crippen LogP contribution is 2.27. The van der Waals surface area contributed by atoms with E-state index in [1.165, 1.54) is 0 Å². The number of ether oxygens (including phenoxy) is 2. The number of carbonyl (C=O) groups is 1. The Kier molecular flexibility index (Phi) is 5.50. The summed E-state index contributed by atoms with van der Waals surface area (Å²) in [6.45, 7) is 3.82. The highest BCUT2D eigenvalue weighted by Gasteiger charge is 2.27. The molecule has 1 fully saturated rings. The number of amides is 1. The van der Waals surface area contributed by atoms with E-state index in [-0.39, 0.29) is 18.1 Å². The Labute approximate surface area is 146 Å². The second-order valence-electron chi connectivity index (χ2n) is 5.76. The van der Waals surface area contributed by atoms with Crippen molar-refractivity contribution < 1.29 is 14.3 Å². The first-order valence-electron chi connectivity index (χ1n) is 8.02. The third kappa shape index (κ3) is 3.95.